The standard InChI is InChI=1S/C8H11NO2S.C7H9NO2S.2C7H11NS.C5H4NO2S.3C4H9.H2O.Sn/c1-5(2)6-4-12-7(9-6)8(10)11-3;1-4(2)5-3-11-6(8-5)7(9)10;2*1-5(2)7-4-9-6(3)8-7;1-8-5(7)4-6-2-3-9-4;3*1-3-4-2;;/h4-5H,1-3H3;3-4H,1-2H3,(H,9,10);2*4-5H,1-3H3;3H,1H3;3*1,3-4H2,2H3;1H2;/p-1. The normalized spacial score (nSPS) is 10.7. The van der Waals surface area contributed by atoms with E-state index in [0.29, 0.717) is 33.7 Å². The van der Waals surface area contributed by atoms with E-state index in [1.54, 1.807) is 28.1 Å². The van der Waals surface area contributed by atoms with Crippen LogP contribution in [0.4, 0.5) is 0 Å². The number of rotatable bonds is 17. The molecular formula is C46H74N5O7S5Sn-. The molecule has 0 radical (unpaired) electrons. The molecule has 0 bridgehead atoms. The fourth-order valence-electron chi connectivity index (χ4n) is 5.68. The molecule has 5 aromatic rings. The van der Waals surface area contributed by atoms with Crippen molar-refractivity contribution in [2.24, 2.45) is 0 Å². The second-order valence-electron chi connectivity index (χ2n) is 16.3. The van der Waals surface area contributed by atoms with Crippen molar-refractivity contribution in [3.05, 3.63) is 74.7 Å². The minimum absolute atomic E-state index is 0. The number of aromatic carboxylic acids is 1. The van der Waals surface area contributed by atoms with Crippen LogP contribution in [0.1, 0.15) is 201 Å². The number of thiazole rings is 5. The van der Waals surface area contributed by atoms with Gasteiger partial charge in [-0.2, -0.15) is 0 Å². The van der Waals surface area contributed by atoms with Gasteiger partial charge in [0.05, 0.1) is 39.9 Å². The van der Waals surface area contributed by atoms with Gasteiger partial charge < -0.3 is 15.3 Å². The fourth-order valence-corrected chi connectivity index (χ4v) is 26.8. The number of carbonyl (C=O) groups excluding carboxylic acids is 2. The van der Waals surface area contributed by atoms with Gasteiger partial charge >= 0.3 is 156 Å². The third kappa shape index (κ3) is 22.2. The molecule has 360 valence electrons. The SMILES string of the molecule is CC(C)c1csc(C(=O)O)n1.CCC[CH2][Sn]([CH2]CCC)([CH2]CCC)[c]1csc(C(=O)OC)n1.COC(=O)c1nc(C(C)C)cs1.Cc1nc(C(C)C)cs1.Cc1nc(C(C)C)cs1.[OH-]. The molecule has 0 saturated heterocycles. The van der Waals surface area contributed by atoms with Crippen molar-refractivity contribution in [3.63, 3.8) is 0 Å². The van der Waals surface area contributed by atoms with Gasteiger partial charge in [0, 0.05) is 21.5 Å². The molecule has 5 aromatic heterocycles. The molecular weight excluding hydrogens is 1010 g/mol. The van der Waals surface area contributed by atoms with Crippen molar-refractivity contribution in [1.29, 1.82) is 0 Å². The van der Waals surface area contributed by atoms with E-state index in [1.807, 2.05) is 46.9 Å². The van der Waals surface area contributed by atoms with Crippen molar-refractivity contribution in [3.8, 4) is 0 Å². The first-order valence-corrected chi connectivity index (χ1v) is 33.8. The van der Waals surface area contributed by atoms with Gasteiger partial charge in [0.25, 0.3) is 0 Å². The number of aromatic nitrogens is 5. The Balaban J connectivity index is 0.000000812. The smallest absolute Gasteiger partial charge is 0.367 e. The molecule has 0 aromatic carbocycles. The summed E-state index contributed by atoms with van der Waals surface area (Å²) in [6.07, 6.45) is 7.71. The molecule has 0 saturated carbocycles. The first-order chi connectivity index (χ1) is 29.8. The molecule has 0 amide bonds. The van der Waals surface area contributed by atoms with Crippen LogP contribution < -0.4 is 3.71 Å². The van der Waals surface area contributed by atoms with Gasteiger partial charge in [-0.25, -0.2) is 29.5 Å². The number of esters is 2. The predicted octanol–water partition coefficient (Wildman–Crippen LogP) is 14.0. The first kappa shape index (κ1) is 61.3. The summed E-state index contributed by atoms with van der Waals surface area (Å²) >= 11 is 4.96. The van der Waals surface area contributed by atoms with Gasteiger partial charge in [-0.1, -0.05) is 55.4 Å². The maximum Gasteiger partial charge on any atom is 0.367 e. The molecule has 0 atom stereocenters. The molecule has 0 unspecified atom stereocenters. The van der Waals surface area contributed by atoms with Crippen LogP contribution in [-0.4, -0.2) is 86.0 Å². The van der Waals surface area contributed by atoms with Crippen LogP contribution in [0.25, 0.3) is 0 Å². The minimum atomic E-state index is -2.46. The van der Waals surface area contributed by atoms with Gasteiger partial charge in [-0.3, -0.25) is 0 Å². The predicted molar refractivity (Wildman–Crippen MR) is 273 cm³/mol. The molecule has 0 aliphatic carbocycles. The second kappa shape index (κ2) is 32.9. The molecule has 2 N–H and O–H groups in total. The Morgan fingerprint density at radius 1 is 0.531 bits per heavy atom. The molecule has 0 spiro atoms. The fraction of sp³-hybridized carbons (Fsp3) is 0.609. The number of nitrogens with zero attached hydrogens (tertiary/aromatic N) is 5. The van der Waals surface area contributed by atoms with Crippen LogP contribution in [0.3, 0.4) is 0 Å². The number of ether oxygens (including phenoxy) is 2. The number of carboxylic acid groups (broad SMARTS) is 1. The van der Waals surface area contributed by atoms with E-state index in [0.717, 1.165) is 11.4 Å². The molecule has 18 heteroatoms. The first-order valence-electron chi connectivity index (χ1n) is 21.9. The number of unbranched alkanes of at least 4 members (excludes halogenated alkanes) is 3. The number of carboxylic acids is 1. The zero-order valence-corrected chi connectivity index (χ0v) is 47.7. The molecule has 5 rings (SSSR count). The van der Waals surface area contributed by atoms with Crippen molar-refractivity contribution in [2.45, 2.75) is 166 Å². The van der Waals surface area contributed by atoms with Gasteiger partial charge in [0.15, 0.2) is 0 Å². The van der Waals surface area contributed by atoms with E-state index in [9.17, 15) is 14.4 Å². The van der Waals surface area contributed by atoms with Crippen LogP contribution in [0, 0.1) is 13.8 Å². The van der Waals surface area contributed by atoms with Crippen LogP contribution >= 0.6 is 56.7 Å². The Hall–Kier alpha value is -2.68. The number of hydrogen-bond donors (Lipinski definition) is 1. The van der Waals surface area contributed by atoms with Crippen molar-refractivity contribution >= 4 is 96.7 Å². The van der Waals surface area contributed by atoms with Crippen LogP contribution in [-0.2, 0) is 9.47 Å². The van der Waals surface area contributed by atoms with E-state index >= 15 is 0 Å². The average Bonchev–Trinajstić information content (AvgIpc) is 4.11. The summed E-state index contributed by atoms with van der Waals surface area (Å²) < 4.78 is 14.9. The average molecular weight is 1090 g/mol. The Morgan fingerprint density at radius 2 is 0.844 bits per heavy atom. The van der Waals surface area contributed by atoms with Crippen molar-refractivity contribution in [1.82, 2.24) is 24.9 Å². The van der Waals surface area contributed by atoms with Gasteiger partial charge in [-0.05, 0) is 37.5 Å². The van der Waals surface area contributed by atoms with Crippen molar-refractivity contribution < 1.29 is 34.4 Å². The molecule has 0 fully saturated rings. The van der Waals surface area contributed by atoms with E-state index in [4.69, 9.17) is 14.8 Å². The third-order valence-corrected chi connectivity index (χ3v) is 29.4. The summed E-state index contributed by atoms with van der Waals surface area (Å²) in [7, 11) is 2.80. The summed E-state index contributed by atoms with van der Waals surface area (Å²) in [5, 5.41) is 22.1. The number of aryl methyl sites for hydroxylation is 2. The van der Waals surface area contributed by atoms with Gasteiger partial charge in [0.1, 0.15) is 0 Å². The molecule has 0 aliphatic rings. The van der Waals surface area contributed by atoms with Crippen LogP contribution in [0.5, 0.6) is 0 Å². The van der Waals surface area contributed by atoms with E-state index in [-0.39, 0.29) is 22.4 Å². The number of methoxy groups -OCH3 is 2. The number of hydrogen-bond acceptors (Lipinski definition) is 16. The van der Waals surface area contributed by atoms with Crippen LogP contribution in [0.15, 0.2) is 26.9 Å². The minimum Gasteiger partial charge on any atom is -0.870 e. The summed E-state index contributed by atoms with van der Waals surface area (Å²) in [6, 6.07) is 0. The molecule has 0 aliphatic heterocycles. The second-order valence-corrected chi connectivity index (χ2v) is 34.0. The Kier molecular flexibility index (Phi) is 31.5. The Morgan fingerprint density at radius 3 is 1.11 bits per heavy atom. The Bertz CT molecular complexity index is 1970. The molecule has 64 heavy (non-hydrogen) atoms. The number of carbonyl (C=O) groups is 3. The topological polar surface area (TPSA) is 184 Å². The maximum absolute atomic E-state index is 11.7. The summed E-state index contributed by atoms with van der Waals surface area (Å²) in [5.41, 5.74) is 4.24. The monoisotopic (exact) mass is 1090 g/mol. The third-order valence-electron chi connectivity index (χ3n) is 9.66. The van der Waals surface area contributed by atoms with E-state index < -0.39 is 24.3 Å². The summed E-state index contributed by atoms with van der Waals surface area (Å²) in [6.45, 7) is 27.6. The zero-order chi connectivity index (χ0) is 47.7. The van der Waals surface area contributed by atoms with Crippen molar-refractivity contribution in [2.75, 3.05) is 14.2 Å². The van der Waals surface area contributed by atoms with Gasteiger partial charge in [-0.15, -0.1) is 45.3 Å². The summed E-state index contributed by atoms with van der Waals surface area (Å²) in [4.78, 5) is 54.6. The van der Waals surface area contributed by atoms with E-state index in [1.165, 1.54) is 125 Å². The zero-order valence-electron chi connectivity index (χ0n) is 40.8. The quantitative estimate of drug-likeness (QED) is 0.0687. The van der Waals surface area contributed by atoms with Gasteiger partial charge in [0.2, 0.25) is 10.0 Å². The van der Waals surface area contributed by atoms with Crippen LogP contribution in [0.2, 0.25) is 13.3 Å². The Labute approximate surface area is 407 Å². The van der Waals surface area contributed by atoms with E-state index in [2.05, 4.69) is 89.3 Å². The molecule has 5 heterocycles. The maximum atomic E-state index is 11.7. The largest absolute Gasteiger partial charge is 0.870 e. The molecule has 12 nitrogen and oxygen atoms in total. The summed E-state index contributed by atoms with van der Waals surface area (Å²) in [5.74, 6) is 0.246.